The fraction of sp³-hybridized carbons (Fsp3) is 0.474. The molecule has 0 bridgehead atoms. The molecular formula is C19H25N7O2. The molecule has 0 saturated carbocycles. The van der Waals surface area contributed by atoms with Gasteiger partial charge in [-0.2, -0.15) is 20.1 Å². The molecule has 2 saturated heterocycles. The van der Waals surface area contributed by atoms with Crippen LogP contribution in [0.5, 0.6) is 5.75 Å². The largest absolute Gasteiger partial charge is 0.496 e. The van der Waals surface area contributed by atoms with E-state index in [0.717, 1.165) is 50.3 Å². The van der Waals surface area contributed by atoms with Crippen molar-refractivity contribution in [2.24, 2.45) is 5.10 Å². The van der Waals surface area contributed by atoms with Gasteiger partial charge in [0.15, 0.2) is 0 Å². The average molecular weight is 383 g/mol. The summed E-state index contributed by atoms with van der Waals surface area (Å²) in [6.45, 7) is 4.84. The maximum Gasteiger partial charge on any atom is 0.250 e. The minimum absolute atomic E-state index is 0.435. The van der Waals surface area contributed by atoms with Crippen LogP contribution in [-0.4, -0.2) is 67.7 Å². The molecule has 0 aliphatic carbocycles. The number of para-hydroxylation sites is 1. The smallest absolute Gasteiger partial charge is 0.250 e. The number of aromatic nitrogens is 3. The van der Waals surface area contributed by atoms with Gasteiger partial charge in [0.25, 0.3) is 0 Å². The zero-order chi connectivity index (χ0) is 19.2. The third kappa shape index (κ3) is 4.30. The topological polar surface area (TPSA) is 88.0 Å². The fourth-order valence-corrected chi connectivity index (χ4v) is 3.30. The van der Waals surface area contributed by atoms with Crippen LogP contribution in [0.4, 0.5) is 17.8 Å². The van der Waals surface area contributed by atoms with E-state index in [9.17, 15) is 0 Å². The summed E-state index contributed by atoms with van der Waals surface area (Å²) in [5, 5.41) is 4.30. The lowest BCUT2D eigenvalue weighted by Gasteiger charge is -2.27. The van der Waals surface area contributed by atoms with Crippen molar-refractivity contribution in [3.05, 3.63) is 29.8 Å². The molecule has 0 radical (unpaired) electrons. The molecule has 0 atom stereocenters. The number of hydrogen-bond donors (Lipinski definition) is 1. The molecule has 9 nitrogen and oxygen atoms in total. The number of hydrazone groups is 1. The number of morpholine rings is 1. The minimum atomic E-state index is 0.435. The van der Waals surface area contributed by atoms with Crippen molar-refractivity contribution in [1.29, 1.82) is 0 Å². The monoisotopic (exact) mass is 383 g/mol. The van der Waals surface area contributed by atoms with Gasteiger partial charge in [0.05, 0.1) is 26.5 Å². The second-order valence-corrected chi connectivity index (χ2v) is 6.66. The molecule has 2 aromatic rings. The molecule has 0 spiro atoms. The zero-order valence-electron chi connectivity index (χ0n) is 16.0. The predicted molar refractivity (Wildman–Crippen MR) is 109 cm³/mol. The highest BCUT2D eigenvalue weighted by Crippen LogP contribution is 2.21. The molecule has 2 fully saturated rings. The number of nitrogens with zero attached hydrogens (tertiary/aromatic N) is 6. The van der Waals surface area contributed by atoms with Gasteiger partial charge >= 0.3 is 0 Å². The van der Waals surface area contributed by atoms with Crippen LogP contribution in [0.1, 0.15) is 18.4 Å². The minimum Gasteiger partial charge on any atom is -0.496 e. The molecule has 2 aliphatic heterocycles. The molecule has 1 N–H and O–H groups in total. The first-order valence-corrected chi connectivity index (χ1v) is 9.59. The predicted octanol–water partition coefficient (Wildman–Crippen LogP) is 1.76. The van der Waals surface area contributed by atoms with Crippen LogP contribution in [0.3, 0.4) is 0 Å². The van der Waals surface area contributed by atoms with E-state index < -0.39 is 0 Å². The van der Waals surface area contributed by atoms with E-state index in [0.29, 0.717) is 31.1 Å². The SMILES string of the molecule is COc1ccccc1/C=N/Nc1nc(N2CCCC2)nc(N2CCOCC2)n1. The Labute approximate surface area is 164 Å². The van der Waals surface area contributed by atoms with Gasteiger partial charge in [0.2, 0.25) is 17.8 Å². The summed E-state index contributed by atoms with van der Waals surface area (Å²) in [5.74, 6) is 2.55. The van der Waals surface area contributed by atoms with Gasteiger partial charge in [-0.3, -0.25) is 0 Å². The lowest BCUT2D eigenvalue weighted by molar-refractivity contribution is 0.122. The van der Waals surface area contributed by atoms with Gasteiger partial charge in [0, 0.05) is 31.7 Å². The number of benzene rings is 1. The van der Waals surface area contributed by atoms with Crippen LogP contribution >= 0.6 is 0 Å². The van der Waals surface area contributed by atoms with Crippen molar-refractivity contribution in [3.8, 4) is 5.75 Å². The Bertz CT molecular complexity index is 818. The Morgan fingerprint density at radius 1 is 1.00 bits per heavy atom. The standard InChI is InChI=1S/C19H25N7O2/c1-27-16-7-3-2-6-15(16)14-20-24-17-21-18(25-8-4-5-9-25)23-19(22-17)26-10-12-28-13-11-26/h2-3,6-7,14H,4-5,8-13H2,1H3,(H,21,22,23,24)/b20-14+. The highest BCUT2D eigenvalue weighted by molar-refractivity contribution is 5.83. The van der Waals surface area contributed by atoms with Gasteiger partial charge in [-0.05, 0) is 25.0 Å². The Hall–Kier alpha value is -2.94. The first-order valence-electron chi connectivity index (χ1n) is 9.59. The quantitative estimate of drug-likeness (QED) is 0.596. The lowest BCUT2D eigenvalue weighted by atomic mass is 10.2. The van der Waals surface area contributed by atoms with E-state index in [1.54, 1.807) is 13.3 Å². The van der Waals surface area contributed by atoms with Crippen LogP contribution in [0.15, 0.2) is 29.4 Å². The second-order valence-electron chi connectivity index (χ2n) is 6.66. The number of nitrogens with one attached hydrogen (secondary N) is 1. The summed E-state index contributed by atoms with van der Waals surface area (Å²) in [4.78, 5) is 18.2. The van der Waals surface area contributed by atoms with E-state index in [2.05, 4.69) is 30.3 Å². The number of anilines is 3. The third-order valence-electron chi connectivity index (χ3n) is 4.80. The first kappa shape index (κ1) is 18.4. The van der Waals surface area contributed by atoms with Gasteiger partial charge in [-0.15, -0.1) is 0 Å². The van der Waals surface area contributed by atoms with E-state index in [-0.39, 0.29) is 0 Å². The van der Waals surface area contributed by atoms with Gasteiger partial charge < -0.3 is 19.3 Å². The van der Waals surface area contributed by atoms with Crippen LogP contribution < -0.4 is 20.0 Å². The highest BCUT2D eigenvalue weighted by atomic mass is 16.5. The Morgan fingerprint density at radius 3 is 2.39 bits per heavy atom. The lowest BCUT2D eigenvalue weighted by Crippen LogP contribution is -2.38. The summed E-state index contributed by atoms with van der Waals surface area (Å²) >= 11 is 0. The molecule has 3 heterocycles. The summed E-state index contributed by atoms with van der Waals surface area (Å²) in [7, 11) is 1.64. The second kappa shape index (κ2) is 8.83. The third-order valence-corrected chi connectivity index (χ3v) is 4.80. The van der Waals surface area contributed by atoms with Crippen molar-refractivity contribution in [2.45, 2.75) is 12.8 Å². The van der Waals surface area contributed by atoms with E-state index in [4.69, 9.17) is 14.5 Å². The van der Waals surface area contributed by atoms with Crippen LogP contribution in [-0.2, 0) is 4.74 Å². The summed E-state index contributed by atoms with van der Waals surface area (Å²) < 4.78 is 10.8. The molecule has 9 heteroatoms. The van der Waals surface area contributed by atoms with Crippen LogP contribution in [0.25, 0.3) is 0 Å². The van der Waals surface area contributed by atoms with E-state index in [1.165, 1.54) is 0 Å². The van der Waals surface area contributed by atoms with Crippen LogP contribution in [0.2, 0.25) is 0 Å². The maximum absolute atomic E-state index is 5.44. The zero-order valence-corrected chi connectivity index (χ0v) is 16.0. The Balaban J connectivity index is 1.56. The molecule has 2 aliphatic rings. The van der Waals surface area contributed by atoms with Crippen molar-refractivity contribution in [3.63, 3.8) is 0 Å². The van der Waals surface area contributed by atoms with Gasteiger partial charge in [-0.25, -0.2) is 5.43 Å². The van der Waals surface area contributed by atoms with E-state index in [1.807, 2.05) is 24.3 Å². The molecule has 1 aromatic heterocycles. The fourth-order valence-electron chi connectivity index (χ4n) is 3.30. The normalized spacial score (nSPS) is 17.3. The molecular weight excluding hydrogens is 358 g/mol. The summed E-state index contributed by atoms with van der Waals surface area (Å²) in [6, 6.07) is 7.69. The number of hydrogen-bond acceptors (Lipinski definition) is 9. The number of rotatable bonds is 6. The molecule has 4 rings (SSSR count). The number of ether oxygens (including phenoxy) is 2. The molecule has 0 unspecified atom stereocenters. The first-order chi connectivity index (χ1) is 13.8. The number of methoxy groups -OCH3 is 1. The Morgan fingerprint density at radius 2 is 1.68 bits per heavy atom. The van der Waals surface area contributed by atoms with E-state index >= 15 is 0 Å². The van der Waals surface area contributed by atoms with Gasteiger partial charge in [-0.1, -0.05) is 12.1 Å². The van der Waals surface area contributed by atoms with Crippen molar-refractivity contribution < 1.29 is 9.47 Å². The molecule has 148 valence electrons. The molecule has 0 amide bonds. The van der Waals surface area contributed by atoms with Crippen molar-refractivity contribution in [1.82, 2.24) is 15.0 Å². The summed E-state index contributed by atoms with van der Waals surface area (Å²) in [5.41, 5.74) is 3.83. The maximum atomic E-state index is 5.44. The van der Waals surface area contributed by atoms with Crippen molar-refractivity contribution in [2.75, 3.05) is 61.7 Å². The molecule has 28 heavy (non-hydrogen) atoms. The highest BCUT2D eigenvalue weighted by Gasteiger charge is 2.21. The van der Waals surface area contributed by atoms with Crippen LogP contribution in [0, 0.1) is 0 Å². The molecule has 1 aromatic carbocycles. The Kier molecular flexibility index (Phi) is 5.81. The van der Waals surface area contributed by atoms with Crippen molar-refractivity contribution >= 4 is 24.1 Å². The van der Waals surface area contributed by atoms with Gasteiger partial charge in [0.1, 0.15) is 5.75 Å². The average Bonchev–Trinajstić information content (AvgIpc) is 3.30. The summed E-state index contributed by atoms with van der Waals surface area (Å²) in [6.07, 6.45) is 4.02.